The van der Waals surface area contributed by atoms with Crippen molar-refractivity contribution in [3.8, 4) is 0 Å². The maximum Gasteiger partial charge on any atom is 0.471 e. The van der Waals surface area contributed by atoms with Crippen LogP contribution in [-0.2, 0) is 34.1 Å². The van der Waals surface area contributed by atoms with Crippen LogP contribution in [0, 0.1) is 0 Å². The van der Waals surface area contributed by atoms with Crippen molar-refractivity contribution in [2.45, 2.75) is 5.25 Å². The maximum absolute atomic E-state index is 12.5. The summed E-state index contributed by atoms with van der Waals surface area (Å²) in [5.41, 5.74) is 0. The largest absolute Gasteiger partial charge is 0.471 e. The molecule has 0 fully saturated rings. The van der Waals surface area contributed by atoms with E-state index in [1.54, 1.807) is 0 Å². The van der Waals surface area contributed by atoms with Crippen molar-refractivity contribution in [1.82, 2.24) is 0 Å². The fraction of sp³-hybridized carbons (Fsp3) is 0.667. The third-order valence-corrected chi connectivity index (χ3v) is 1.93. The van der Waals surface area contributed by atoms with Crippen LogP contribution in [0.2, 0.25) is 0 Å². The van der Waals surface area contributed by atoms with Gasteiger partial charge in [-0.15, -0.1) is 4.33 Å². The smallest absolute Gasteiger partial charge is 0.261 e. The van der Waals surface area contributed by atoms with Gasteiger partial charge in [-0.1, -0.05) is 0 Å². The second-order valence-corrected chi connectivity index (χ2v) is 3.21. The lowest BCUT2D eigenvalue weighted by molar-refractivity contribution is -0.465. The highest BCUT2D eigenvalue weighted by molar-refractivity contribution is 7.88. The van der Waals surface area contributed by atoms with E-state index in [1.807, 2.05) is 0 Å². The molecule has 0 saturated carbocycles. The minimum absolute atomic E-state index is 0.626. The van der Waals surface area contributed by atoms with Crippen LogP contribution < -0.4 is 0 Å². The molecule has 0 unspecified atom stereocenters. The molecule has 84 valence electrons. The number of carbonyl (C=O) groups is 1. The molecular weight excluding hydrogens is 234 g/mol. The molecule has 0 amide bonds. The molecule has 0 aliphatic carbocycles. The number of rotatable bonds is 5. The molecule has 0 radical (unpaired) electrons. The van der Waals surface area contributed by atoms with Gasteiger partial charge in [0, 0.05) is 0 Å². The first kappa shape index (κ1) is 13.1. The molecule has 8 nitrogen and oxygen atoms in total. The molecule has 0 aliphatic heterocycles. The molecule has 0 spiro atoms. The molecular formula is C3H4F2O8S. The van der Waals surface area contributed by atoms with Crippen molar-refractivity contribution in [3.05, 3.63) is 0 Å². The van der Waals surface area contributed by atoms with Gasteiger partial charge in [-0.25, -0.2) is 14.9 Å². The monoisotopic (exact) mass is 238 g/mol. The molecule has 0 heterocycles. The lowest BCUT2D eigenvalue weighted by atomic mass is 10.7. The predicted molar refractivity (Wildman–Crippen MR) is 31.8 cm³/mol. The van der Waals surface area contributed by atoms with Crippen LogP contribution in [0.15, 0.2) is 0 Å². The van der Waals surface area contributed by atoms with Gasteiger partial charge >= 0.3 is 21.3 Å². The fourth-order valence-corrected chi connectivity index (χ4v) is 0.819. The molecule has 0 aromatic rings. The molecule has 1 N–H and O–H groups in total. The van der Waals surface area contributed by atoms with Crippen molar-refractivity contribution in [3.63, 3.8) is 0 Å². The summed E-state index contributed by atoms with van der Waals surface area (Å²) >= 11 is 0. The maximum atomic E-state index is 12.5. The first-order chi connectivity index (χ1) is 6.29. The van der Waals surface area contributed by atoms with Crippen molar-refractivity contribution in [2.75, 3.05) is 7.11 Å². The van der Waals surface area contributed by atoms with E-state index in [2.05, 4.69) is 19.1 Å². The Morgan fingerprint density at radius 2 is 1.93 bits per heavy atom. The first-order valence-corrected chi connectivity index (χ1v) is 4.07. The van der Waals surface area contributed by atoms with E-state index in [1.165, 1.54) is 0 Å². The first-order valence-electron chi connectivity index (χ1n) is 2.66. The van der Waals surface area contributed by atoms with Crippen molar-refractivity contribution < 1.29 is 46.4 Å². The van der Waals surface area contributed by atoms with Crippen LogP contribution in [0.1, 0.15) is 0 Å². The topological polar surface area (TPSA) is 108 Å². The molecule has 0 saturated heterocycles. The van der Waals surface area contributed by atoms with Gasteiger partial charge in [-0.05, 0) is 5.04 Å². The quantitative estimate of drug-likeness (QED) is 0.501. The van der Waals surface area contributed by atoms with Crippen LogP contribution in [0.25, 0.3) is 0 Å². The molecule has 0 rings (SSSR count). The Bertz CT molecular complexity index is 296. The SMILES string of the molecule is COOS(=O)(=O)C(F)(F)C(=O)OOO. The summed E-state index contributed by atoms with van der Waals surface area (Å²) < 4.78 is 49.0. The van der Waals surface area contributed by atoms with Gasteiger partial charge < -0.3 is 0 Å². The van der Waals surface area contributed by atoms with Gasteiger partial charge in [0.05, 0.1) is 7.11 Å². The lowest BCUT2D eigenvalue weighted by Crippen LogP contribution is -2.40. The van der Waals surface area contributed by atoms with E-state index in [0.29, 0.717) is 7.11 Å². The summed E-state index contributed by atoms with van der Waals surface area (Å²) in [7, 11) is -5.03. The second-order valence-electron chi connectivity index (χ2n) is 1.65. The Kier molecular flexibility index (Phi) is 4.28. The van der Waals surface area contributed by atoms with Gasteiger partial charge in [0.25, 0.3) is 0 Å². The number of halogens is 2. The molecule has 11 heteroatoms. The van der Waals surface area contributed by atoms with Crippen molar-refractivity contribution in [2.24, 2.45) is 0 Å². The van der Waals surface area contributed by atoms with E-state index in [0.717, 1.165) is 0 Å². The average Bonchev–Trinajstić information content (AvgIpc) is 2.04. The molecule has 0 bridgehead atoms. The molecule has 14 heavy (non-hydrogen) atoms. The van der Waals surface area contributed by atoms with E-state index in [4.69, 9.17) is 5.26 Å². The summed E-state index contributed by atoms with van der Waals surface area (Å²) in [6, 6.07) is 0. The third kappa shape index (κ3) is 2.55. The minimum atomic E-state index is -5.65. The normalized spacial score (nSPS) is 12.6. The highest BCUT2D eigenvalue weighted by atomic mass is 32.2. The summed E-state index contributed by atoms with van der Waals surface area (Å²) in [6.45, 7) is 0. The van der Waals surface area contributed by atoms with E-state index in [-0.39, 0.29) is 0 Å². The van der Waals surface area contributed by atoms with Gasteiger partial charge in [0.1, 0.15) is 0 Å². The highest BCUT2D eigenvalue weighted by Crippen LogP contribution is 2.25. The molecule has 0 aromatic heterocycles. The molecule has 0 atom stereocenters. The van der Waals surface area contributed by atoms with Gasteiger partial charge in [-0.2, -0.15) is 17.2 Å². The van der Waals surface area contributed by atoms with Gasteiger partial charge in [0.15, 0.2) is 0 Å². The molecule has 0 aromatic carbocycles. The van der Waals surface area contributed by atoms with Crippen LogP contribution in [0.5, 0.6) is 0 Å². The standard InChI is InChI=1S/C3H4F2O8S/c1-10-13-14(8,9)3(4,5)2(6)11-12-7/h7H,1H3. The van der Waals surface area contributed by atoms with Crippen LogP contribution >= 0.6 is 0 Å². The Morgan fingerprint density at radius 3 is 2.29 bits per heavy atom. The summed E-state index contributed by atoms with van der Waals surface area (Å²) in [4.78, 5) is 16.5. The summed E-state index contributed by atoms with van der Waals surface area (Å²) in [5, 5.41) is 4.96. The summed E-state index contributed by atoms with van der Waals surface area (Å²) in [5.74, 6) is -2.68. The van der Waals surface area contributed by atoms with Gasteiger partial charge in [-0.3, -0.25) is 4.89 Å². The number of hydrogen-bond acceptors (Lipinski definition) is 8. The average molecular weight is 238 g/mol. The van der Waals surface area contributed by atoms with Crippen molar-refractivity contribution in [1.29, 1.82) is 0 Å². The van der Waals surface area contributed by atoms with E-state index < -0.39 is 21.3 Å². The fourth-order valence-electron chi connectivity index (χ4n) is 0.317. The second kappa shape index (κ2) is 4.56. The van der Waals surface area contributed by atoms with Crippen LogP contribution in [-0.4, -0.2) is 32.0 Å². The highest BCUT2D eigenvalue weighted by Gasteiger charge is 2.57. The minimum Gasteiger partial charge on any atom is -0.261 e. The van der Waals surface area contributed by atoms with E-state index >= 15 is 0 Å². The Labute approximate surface area is 75.8 Å². The summed E-state index contributed by atoms with van der Waals surface area (Å²) in [6.07, 6.45) is 0. The number of alkyl halides is 2. The lowest BCUT2D eigenvalue weighted by Gasteiger charge is -2.10. The number of carbonyl (C=O) groups excluding carboxylic acids is 1. The van der Waals surface area contributed by atoms with Crippen molar-refractivity contribution >= 4 is 16.1 Å². The predicted octanol–water partition coefficient (Wildman–Crippen LogP) is -0.565. The van der Waals surface area contributed by atoms with Crippen LogP contribution in [0.3, 0.4) is 0 Å². The zero-order chi connectivity index (χ0) is 11.4. The Morgan fingerprint density at radius 1 is 1.43 bits per heavy atom. The molecule has 0 aliphatic rings. The third-order valence-electron chi connectivity index (χ3n) is 0.822. The zero-order valence-electron chi connectivity index (χ0n) is 6.47. The van der Waals surface area contributed by atoms with Crippen LogP contribution in [0.4, 0.5) is 8.78 Å². The Balaban J connectivity index is 4.85. The Hall–Kier alpha value is -0.880. The number of hydrogen-bond donors (Lipinski definition) is 1. The van der Waals surface area contributed by atoms with E-state index in [9.17, 15) is 22.0 Å². The zero-order valence-corrected chi connectivity index (χ0v) is 7.29. The van der Waals surface area contributed by atoms with Gasteiger partial charge in [0.2, 0.25) is 0 Å².